The molecule has 0 aliphatic heterocycles. The van der Waals surface area contributed by atoms with Crippen molar-refractivity contribution in [3.63, 3.8) is 0 Å². The minimum absolute atomic E-state index is 0. The summed E-state index contributed by atoms with van der Waals surface area (Å²) in [5, 5.41) is 8.48. The average Bonchev–Trinajstić information content (AvgIpc) is 1.88. The number of aromatic carboxylic acids is 1. The van der Waals surface area contributed by atoms with Crippen molar-refractivity contribution < 1.29 is 62.7 Å². The zero-order valence-electron chi connectivity index (χ0n) is 7.66. The van der Waals surface area contributed by atoms with Gasteiger partial charge in [-0.1, -0.05) is 17.7 Å². The Bertz CT molecular complexity index is 246. The van der Waals surface area contributed by atoms with Gasteiger partial charge in [-0.2, -0.15) is 0 Å². The Hall–Kier alpha value is 0.326. The predicted molar refractivity (Wildman–Crippen MR) is 39.3 cm³/mol. The van der Waals surface area contributed by atoms with E-state index in [4.69, 9.17) is 5.11 Å². The molecule has 0 aromatic heterocycles. The Morgan fingerprint density at radius 1 is 1.36 bits per heavy atom. The van der Waals surface area contributed by atoms with Crippen molar-refractivity contribution in [2.45, 2.75) is 6.92 Å². The van der Waals surface area contributed by atoms with Crippen molar-refractivity contribution in [3.05, 3.63) is 35.4 Å². The van der Waals surface area contributed by atoms with Crippen molar-refractivity contribution in [2.24, 2.45) is 0 Å². The number of hydrogen-bond donors (Lipinski definition) is 1. The summed E-state index contributed by atoms with van der Waals surface area (Å²) in [5.41, 5.74) is 1.41. The Morgan fingerprint density at radius 3 is 2.18 bits per heavy atom. The fraction of sp³-hybridized carbons (Fsp3) is 0.125. The molecule has 1 aromatic rings. The van der Waals surface area contributed by atoms with Gasteiger partial charge in [-0.25, -0.2) is 4.79 Å². The van der Waals surface area contributed by atoms with Gasteiger partial charge in [0.25, 0.3) is 0 Å². The topological polar surface area (TPSA) is 37.3 Å². The molecule has 3 heteroatoms. The maximum atomic E-state index is 10.3. The molecule has 2 nitrogen and oxygen atoms in total. The second-order valence-electron chi connectivity index (χ2n) is 2.17. The van der Waals surface area contributed by atoms with Gasteiger partial charge in [-0.05, 0) is 19.1 Å². The molecule has 11 heavy (non-hydrogen) atoms. The van der Waals surface area contributed by atoms with Crippen molar-refractivity contribution in [3.8, 4) is 0 Å². The molecule has 0 bridgehead atoms. The van der Waals surface area contributed by atoms with Crippen LogP contribution in [0.25, 0.3) is 0 Å². The van der Waals surface area contributed by atoms with Gasteiger partial charge in [0.05, 0.1) is 5.56 Å². The minimum atomic E-state index is -0.875. The van der Waals surface area contributed by atoms with E-state index in [1.165, 1.54) is 0 Å². The van der Waals surface area contributed by atoms with E-state index in [9.17, 15) is 4.79 Å². The molecule has 0 fully saturated rings. The smallest absolute Gasteiger partial charge is 1.00 e. The second kappa shape index (κ2) is 5.06. The molecule has 0 atom stereocenters. The third-order valence-electron chi connectivity index (χ3n) is 1.30. The van der Waals surface area contributed by atoms with Crippen LogP contribution in [0.3, 0.4) is 0 Å². The second-order valence-corrected chi connectivity index (χ2v) is 2.17. The van der Waals surface area contributed by atoms with Gasteiger partial charge in [0.1, 0.15) is 0 Å². The van der Waals surface area contributed by atoms with Crippen LogP contribution in [0, 0.1) is 6.92 Å². The van der Waals surface area contributed by atoms with Gasteiger partial charge >= 0.3 is 57.4 Å². The van der Waals surface area contributed by atoms with Gasteiger partial charge in [-0.15, -0.1) is 0 Å². The van der Waals surface area contributed by atoms with Crippen LogP contribution in [0.15, 0.2) is 24.3 Å². The van der Waals surface area contributed by atoms with E-state index in [0.29, 0.717) is 5.56 Å². The molecule has 0 saturated carbocycles. The van der Waals surface area contributed by atoms with Crippen LogP contribution in [0.5, 0.6) is 0 Å². The number of carbonyl (C=O) groups is 1. The quantitative estimate of drug-likeness (QED) is 0.546. The molecule has 1 aromatic carbocycles. The van der Waals surface area contributed by atoms with Crippen molar-refractivity contribution >= 4 is 5.97 Å². The first-order valence-electron chi connectivity index (χ1n) is 3.00. The van der Waals surface area contributed by atoms with E-state index in [1.807, 2.05) is 6.92 Å². The summed E-state index contributed by atoms with van der Waals surface area (Å²) in [5.74, 6) is -0.875. The Balaban J connectivity index is 0. The molecule has 0 saturated heterocycles. The first-order chi connectivity index (χ1) is 4.70. The minimum Gasteiger partial charge on any atom is -1.00 e. The standard InChI is InChI=1S/C8H8O2.K.H/c1-6-2-4-7(5-3-6)8(9)10;;/h2-5H,1H3,(H,9,10);;/q;+1;-1. The number of hydrogen-bond acceptors (Lipinski definition) is 1. The summed E-state index contributed by atoms with van der Waals surface area (Å²) in [4.78, 5) is 10.3. The Morgan fingerprint density at radius 2 is 1.82 bits per heavy atom. The van der Waals surface area contributed by atoms with E-state index in [0.717, 1.165) is 5.56 Å². The Labute approximate surface area is 110 Å². The zero-order chi connectivity index (χ0) is 7.56. The van der Waals surface area contributed by atoms with Crippen LogP contribution in [-0.2, 0) is 0 Å². The van der Waals surface area contributed by atoms with Gasteiger partial charge in [-0.3, -0.25) is 0 Å². The molecule has 0 aliphatic rings. The van der Waals surface area contributed by atoms with E-state index in [-0.39, 0.29) is 52.8 Å². The summed E-state index contributed by atoms with van der Waals surface area (Å²) in [6.07, 6.45) is 0. The van der Waals surface area contributed by atoms with Gasteiger partial charge in [0.2, 0.25) is 0 Å². The number of aryl methyl sites for hydroxylation is 1. The Kier molecular flexibility index (Phi) is 5.21. The normalized spacial score (nSPS) is 8.45. The molecule has 1 rings (SSSR count). The van der Waals surface area contributed by atoms with Crippen LogP contribution in [0.2, 0.25) is 0 Å². The van der Waals surface area contributed by atoms with Gasteiger partial charge in [0.15, 0.2) is 0 Å². The van der Waals surface area contributed by atoms with Crippen LogP contribution in [0.4, 0.5) is 0 Å². The molecular weight excluding hydrogens is 167 g/mol. The average molecular weight is 176 g/mol. The maximum absolute atomic E-state index is 10.3. The predicted octanol–water partition coefficient (Wildman–Crippen LogP) is -1.19. The third kappa shape index (κ3) is 3.49. The fourth-order valence-electron chi connectivity index (χ4n) is 0.696. The van der Waals surface area contributed by atoms with Crippen LogP contribution in [0.1, 0.15) is 17.3 Å². The number of benzene rings is 1. The van der Waals surface area contributed by atoms with E-state index >= 15 is 0 Å². The summed E-state index contributed by atoms with van der Waals surface area (Å²) in [6.45, 7) is 1.92. The molecule has 0 heterocycles. The van der Waals surface area contributed by atoms with Crippen LogP contribution >= 0.6 is 0 Å². The molecule has 1 N–H and O–H groups in total. The summed E-state index contributed by atoms with van der Waals surface area (Å²) in [6, 6.07) is 6.75. The van der Waals surface area contributed by atoms with E-state index in [1.54, 1.807) is 24.3 Å². The van der Waals surface area contributed by atoms with Crippen LogP contribution in [-0.4, -0.2) is 11.1 Å². The molecule has 0 amide bonds. The summed E-state index contributed by atoms with van der Waals surface area (Å²) >= 11 is 0. The molecule has 0 unspecified atom stereocenters. The maximum Gasteiger partial charge on any atom is 1.00 e. The largest absolute Gasteiger partial charge is 1.00 e. The van der Waals surface area contributed by atoms with Crippen molar-refractivity contribution in [1.29, 1.82) is 0 Å². The first-order valence-corrected chi connectivity index (χ1v) is 3.00. The SMILES string of the molecule is Cc1ccc(C(=O)O)cc1.[H-].[K+]. The molecule has 54 valence electrons. The molecule has 0 spiro atoms. The summed E-state index contributed by atoms with van der Waals surface area (Å²) in [7, 11) is 0. The third-order valence-corrected chi connectivity index (χ3v) is 1.30. The van der Waals surface area contributed by atoms with Crippen molar-refractivity contribution in [2.75, 3.05) is 0 Å². The van der Waals surface area contributed by atoms with E-state index in [2.05, 4.69) is 0 Å². The summed E-state index contributed by atoms with van der Waals surface area (Å²) < 4.78 is 0. The number of rotatable bonds is 1. The van der Waals surface area contributed by atoms with Crippen LogP contribution < -0.4 is 51.4 Å². The number of carboxylic acids is 1. The van der Waals surface area contributed by atoms with Gasteiger partial charge < -0.3 is 6.53 Å². The molecule has 0 aliphatic carbocycles. The molecular formula is C8H9KO2. The first kappa shape index (κ1) is 11.3. The fourth-order valence-corrected chi connectivity index (χ4v) is 0.696. The monoisotopic (exact) mass is 176 g/mol. The van der Waals surface area contributed by atoms with E-state index < -0.39 is 5.97 Å². The zero-order valence-corrected chi connectivity index (χ0v) is 9.79. The van der Waals surface area contributed by atoms with Crippen molar-refractivity contribution in [1.82, 2.24) is 0 Å². The van der Waals surface area contributed by atoms with Gasteiger partial charge in [0, 0.05) is 0 Å². The number of carboxylic acid groups (broad SMARTS) is 1. The molecule has 0 radical (unpaired) electrons.